The summed E-state index contributed by atoms with van der Waals surface area (Å²) in [7, 11) is 0. The summed E-state index contributed by atoms with van der Waals surface area (Å²) < 4.78 is 8.04. The van der Waals surface area contributed by atoms with Gasteiger partial charge in [0.05, 0.1) is 167 Å². The highest BCUT2D eigenvalue weighted by molar-refractivity contribution is 14.1. The number of fused-ring (bicyclic) bond motifs is 1. The minimum Gasteiger partial charge on any atom is -0.487 e. The Morgan fingerprint density at radius 1 is 0.389 bits per heavy atom. The molecule has 530 valence electrons. The van der Waals surface area contributed by atoms with Crippen LogP contribution < -0.4 is 46.4 Å². The second-order valence-electron chi connectivity index (χ2n) is 20.7. The van der Waals surface area contributed by atoms with Gasteiger partial charge in [0.2, 0.25) is 11.8 Å². The van der Waals surface area contributed by atoms with Gasteiger partial charge in [-0.25, -0.2) is 0 Å². The molecule has 0 saturated carbocycles. The Bertz CT molecular complexity index is 3200. The lowest BCUT2D eigenvalue weighted by Gasteiger charge is -2.37. The number of ketones is 1. The molecule has 3 aromatic rings. The Kier molecular flexibility index (Phi) is 38.6. The Hall–Kier alpha value is -1.83. The Morgan fingerprint density at radius 3 is 0.905 bits per heavy atom. The lowest BCUT2D eigenvalue weighted by Crippen LogP contribution is -2.44. The van der Waals surface area contributed by atoms with Crippen molar-refractivity contribution in [2.75, 3.05) is 108 Å². The van der Waals surface area contributed by atoms with E-state index in [1.54, 1.807) is 67.8 Å². The number of carbonyl (C=O) groups excluding carboxylic acids is 9. The summed E-state index contributed by atoms with van der Waals surface area (Å²) in [4.78, 5) is 123. The van der Waals surface area contributed by atoms with Crippen LogP contribution in [0.1, 0.15) is 101 Å². The van der Waals surface area contributed by atoms with Crippen LogP contribution in [0.15, 0.2) is 0 Å². The quantitative estimate of drug-likeness (QED) is 0.0283. The fourth-order valence-corrected chi connectivity index (χ4v) is 20.7. The van der Waals surface area contributed by atoms with Crippen LogP contribution in [0.3, 0.4) is 0 Å². The average Bonchev–Trinajstić information content (AvgIpc) is 0.752. The third-order valence-electron chi connectivity index (χ3n) is 13.5. The monoisotopic (exact) mass is 2240 g/mol. The fraction of sp³-hybridized carbons (Fsp3) is 0.509. The van der Waals surface area contributed by atoms with Crippen LogP contribution in [0.2, 0.25) is 0 Å². The molecule has 1 aliphatic heterocycles. The minimum absolute atomic E-state index is 0.0133. The molecule has 4 rings (SSSR count). The Balaban J connectivity index is 0.000000585. The minimum atomic E-state index is -1.36. The van der Waals surface area contributed by atoms with E-state index in [1.165, 1.54) is 25.7 Å². The fourth-order valence-electron chi connectivity index (χ4n) is 8.58. The van der Waals surface area contributed by atoms with Gasteiger partial charge in [-0.3, -0.25) is 43.2 Å². The number of amides is 8. The number of hydrogen-bond acceptors (Lipinski definition) is 24. The molecule has 1 aliphatic rings. The van der Waals surface area contributed by atoms with E-state index in [4.69, 9.17) is 14.9 Å². The van der Waals surface area contributed by atoms with Gasteiger partial charge in [0.25, 0.3) is 35.4 Å². The second-order valence-corrected chi connectivity index (χ2v) is 29.3. The molecule has 9 unspecified atom stereocenters. The van der Waals surface area contributed by atoms with Crippen LogP contribution in [0, 0.1) is 28.6 Å². The van der Waals surface area contributed by atoms with Crippen LogP contribution in [0.4, 0.5) is 11.4 Å². The first kappa shape index (κ1) is 87.4. The summed E-state index contributed by atoms with van der Waals surface area (Å²) in [5, 5.41) is 149. The van der Waals surface area contributed by atoms with Crippen LogP contribution in [0.25, 0.3) is 0 Å². The van der Waals surface area contributed by atoms with E-state index in [0.29, 0.717) is 0 Å². The molecule has 0 aromatic heterocycles. The largest absolute Gasteiger partial charge is 0.487 e. The number of anilines is 2. The molecule has 0 radical (unpaired) electrons. The molecule has 0 aliphatic carbocycles. The van der Waals surface area contributed by atoms with E-state index in [2.05, 4.69) is 31.9 Å². The van der Waals surface area contributed by atoms with Crippen molar-refractivity contribution in [2.45, 2.75) is 81.9 Å². The maximum absolute atomic E-state index is 14.0. The van der Waals surface area contributed by atoms with Gasteiger partial charge in [-0.05, 0) is 194 Å². The number of carbonyl (C=O) groups is 9. The predicted octanol–water partition coefficient (Wildman–Crippen LogP) is -2.71. The first-order valence-electron chi connectivity index (χ1n) is 28.0. The Morgan fingerprint density at radius 2 is 0.642 bits per heavy atom. The number of aliphatic hydroxyl groups excluding tert-OH is 14. The summed E-state index contributed by atoms with van der Waals surface area (Å²) in [5.74, 6) is -7.21. The van der Waals surface area contributed by atoms with Crippen molar-refractivity contribution in [3.05, 3.63) is 67.5 Å². The summed E-state index contributed by atoms with van der Waals surface area (Å²) in [6.45, 7) is -3.40. The van der Waals surface area contributed by atoms with Crippen LogP contribution in [-0.4, -0.2) is 272 Å². The second kappa shape index (κ2) is 41.9. The number of benzene rings is 3. The van der Waals surface area contributed by atoms with Gasteiger partial charge in [-0.1, -0.05) is 0 Å². The molecule has 32 nitrogen and oxygen atoms in total. The predicted molar refractivity (Wildman–Crippen MR) is 405 cm³/mol. The van der Waals surface area contributed by atoms with Crippen molar-refractivity contribution in [3.8, 4) is 5.75 Å². The zero-order chi connectivity index (χ0) is 72.2. The van der Waals surface area contributed by atoms with Gasteiger partial charge in [0.1, 0.15) is 17.6 Å². The molecule has 95 heavy (non-hydrogen) atoms. The number of nitrogens with one attached hydrogen (secondary N) is 6. The molecule has 0 bridgehead atoms. The number of hydrogen-bond donors (Lipinski definition) is 20. The topological polar surface area (TPSA) is 525 Å². The highest BCUT2D eigenvalue weighted by Gasteiger charge is 2.42. The summed E-state index contributed by atoms with van der Waals surface area (Å²) in [6, 6.07) is 0. The number of nitrogens with zero attached hydrogens (tertiary/aromatic N) is 2. The maximum Gasteiger partial charge on any atom is 0.256 e. The molecule has 0 fully saturated rings. The zero-order valence-electron chi connectivity index (χ0n) is 50.3. The molecule has 9 atom stereocenters. The molecule has 0 spiro atoms. The van der Waals surface area contributed by atoms with Crippen LogP contribution >= 0.6 is 181 Å². The Labute approximate surface area is 652 Å². The molecular weight excluding hydrogens is 2170 g/mol. The van der Waals surface area contributed by atoms with E-state index in [9.17, 15) is 104 Å². The summed E-state index contributed by atoms with van der Waals surface area (Å²) in [5.41, 5.74) is -0.00105. The van der Waals surface area contributed by atoms with Crippen molar-refractivity contribution < 1.29 is 119 Å². The van der Waals surface area contributed by atoms with Gasteiger partial charge in [0.15, 0.2) is 0 Å². The summed E-state index contributed by atoms with van der Waals surface area (Å²) >= 11 is 14.5. The van der Waals surface area contributed by atoms with Gasteiger partial charge in [-0.2, -0.15) is 0 Å². The van der Waals surface area contributed by atoms with E-state index >= 15 is 0 Å². The third kappa shape index (κ3) is 23.6. The highest BCUT2D eigenvalue weighted by atomic mass is 127. The zero-order valence-corrected chi connectivity index (χ0v) is 67.5. The number of Topliss-reactive ketones (excluding diaryl/α,β-unsaturated/α-hetero) is 1. The number of ether oxygens (including phenoxy) is 1. The maximum atomic E-state index is 14.0. The number of halogens is 8. The number of rotatable bonds is 32. The van der Waals surface area contributed by atoms with E-state index in [-0.39, 0.29) is 137 Å². The molecular formula is C55H70I8N8O24. The van der Waals surface area contributed by atoms with Crippen molar-refractivity contribution in [2.24, 2.45) is 0 Å². The van der Waals surface area contributed by atoms with Crippen molar-refractivity contribution in [1.29, 1.82) is 0 Å². The van der Waals surface area contributed by atoms with Gasteiger partial charge >= 0.3 is 0 Å². The van der Waals surface area contributed by atoms with E-state index in [1.807, 2.05) is 113 Å². The summed E-state index contributed by atoms with van der Waals surface area (Å²) in [6.07, 6.45) is -10.2. The SMILES string of the molecule is CC(=O)C1CC(CN(C(C)=O)c2c(I)c(C(=O)NCC(O)CO)c(I)c(C(=O)NCC(O)CO)c2I)Oc2c(C(=O)NCC(O)CO)c(I)c(C(=O)NCC(O)CO)c(I)c21.CC(=O)N(CC(O)CO)c1c(I)c(C(=O)NCC(O)CO)c(I)c(C(=O)NCC(O)CO)c1I. The van der Waals surface area contributed by atoms with E-state index < -0.39 is 161 Å². The van der Waals surface area contributed by atoms with Crippen LogP contribution in [-0.2, 0) is 14.4 Å². The highest BCUT2D eigenvalue weighted by Crippen LogP contribution is 2.47. The molecule has 8 amide bonds. The van der Waals surface area contributed by atoms with Crippen LogP contribution in [0.5, 0.6) is 5.75 Å². The van der Waals surface area contributed by atoms with Crippen molar-refractivity contribution >= 4 is 245 Å². The van der Waals surface area contributed by atoms with Gasteiger partial charge in [0, 0.05) is 73.0 Å². The average molecular weight is 2240 g/mol. The number of aliphatic hydroxyl groups is 14. The van der Waals surface area contributed by atoms with E-state index in [0.717, 1.165) is 4.90 Å². The molecule has 0 saturated heterocycles. The standard InChI is InChI=1S/C36H44I5N5O15.C19H26I3N3O9/c1-13(51)20-3-19(61-32-21(20)26(37)22(33(57)42-4-15(53)9-47)28(39)25(32)36(60)45-7-18(56)12-50)8-46(14(2)52)31-29(40)23(34(58)43-5-16(54)10-48)27(38)24(30(31)41)35(59)44-6-17(55)11-49;1-8(29)25(4-11(32)7-28)17-15(21)12(18(33)23-2-9(30)5-26)14(20)13(16(17)22)19(34)24-3-10(31)6-27/h15-20,47-50,53-56H,3-12H2,1-2H3,(H,42,57)(H,43,58)(H,44,59)(H,45,60);9-11,26-28,30-32H,2-7H2,1H3,(H,23,33)(H,24,34). The molecule has 20 N–H and O–H groups in total. The molecule has 40 heteroatoms. The van der Waals surface area contributed by atoms with Gasteiger partial charge < -0.3 is 118 Å². The van der Waals surface area contributed by atoms with Gasteiger partial charge in [-0.15, -0.1) is 0 Å². The lowest BCUT2D eigenvalue weighted by atomic mass is 9.84. The normalized spacial score (nSPS) is 15.5. The first-order chi connectivity index (χ1) is 44.6. The third-order valence-corrected chi connectivity index (χ3v) is 22.0. The lowest BCUT2D eigenvalue weighted by molar-refractivity contribution is -0.119. The first-order valence-corrected chi connectivity index (χ1v) is 36.6. The molecule has 3 aromatic carbocycles. The van der Waals surface area contributed by atoms with Crippen molar-refractivity contribution in [3.63, 3.8) is 0 Å². The molecule has 1 heterocycles. The van der Waals surface area contributed by atoms with Crippen molar-refractivity contribution in [1.82, 2.24) is 31.9 Å². The smallest absolute Gasteiger partial charge is 0.256 e.